The van der Waals surface area contributed by atoms with Gasteiger partial charge in [0.05, 0.1) is 29.4 Å². The molecule has 1 aliphatic heterocycles. The molecule has 0 radical (unpaired) electrons. The van der Waals surface area contributed by atoms with Crippen LogP contribution in [0.15, 0.2) is 97.2 Å². The van der Waals surface area contributed by atoms with E-state index in [1.54, 1.807) is 55.5 Å². The van der Waals surface area contributed by atoms with Crippen molar-refractivity contribution >= 4 is 27.5 Å². The first kappa shape index (κ1) is 26.7. The molecule has 2 heterocycles. The second kappa shape index (κ2) is 10.0. The topological polar surface area (TPSA) is 99.3 Å². The molecule has 0 bridgehead atoms. The Morgan fingerprint density at radius 3 is 2.30 bits per heavy atom. The number of hydrogen-bond acceptors (Lipinski definition) is 5. The molecule has 0 aliphatic carbocycles. The van der Waals surface area contributed by atoms with Crippen LogP contribution < -0.4 is 4.90 Å². The zero-order valence-corrected chi connectivity index (χ0v) is 21.7. The SMILES string of the molecule is CC1=C(c2ccccc2-c2ccc(C#N)cc2)CN(S(=O)(=O)n2ccnc2)C(=O)N1c1cccc(C(F)(F)F)c1. The first-order valence-corrected chi connectivity index (χ1v) is 13.2. The lowest BCUT2D eigenvalue weighted by Crippen LogP contribution is -2.51. The van der Waals surface area contributed by atoms with Crippen molar-refractivity contribution in [2.75, 3.05) is 11.4 Å². The number of nitriles is 1. The van der Waals surface area contributed by atoms with E-state index >= 15 is 0 Å². The fourth-order valence-corrected chi connectivity index (χ4v) is 5.70. The first-order chi connectivity index (χ1) is 19.0. The third-order valence-electron chi connectivity index (χ3n) is 6.51. The first-order valence-electron chi connectivity index (χ1n) is 11.8. The van der Waals surface area contributed by atoms with Gasteiger partial charge in [-0.1, -0.05) is 42.5 Å². The van der Waals surface area contributed by atoms with E-state index in [4.69, 9.17) is 0 Å². The average Bonchev–Trinajstić information content (AvgIpc) is 3.49. The fraction of sp³-hybridized carbons (Fsp3) is 0.107. The molecule has 0 saturated heterocycles. The third-order valence-corrected chi connectivity index (χ3v) is 8.10. The Bertz CT molecular complexity index is 1770. The molecular formula is C28H20F3N5O3S. The van der Waals surface area contributed by atoms with Crippen molar-refractivity contribution in [2.24, 2.45) is 0 Å². The van der Waals surface area contributed by atoms with Crippen molar-refractivity contribution in [3.63, 3.8) is 0 Å². The zero-order chi connectivity index (χ0) is 28.7. The molecule has 0 N–H and O–H groups in total. The predicted octanol–water partition coefficient (Wildman–Crippen LogP) is 5.91. The highest BCUT2D eigenvalue weighted by Crippen LogP contribution is 2.39. The van der Waals surface area contributed by atoms with Crippen LogP contribution in [0, 0.1) is 11.3 Å². The molecule has 0 spiro atoms. The average molecular weight is 564 g/mol. The predicted molar refractivity (Wildman–Crippen MR) is 142 cm³/mol. The van der Waals surface area contributed by atoms with Crippen LogP contribution in [0.25, 0.3) is 16.7 Å². The second-order valence-electron chi connectivity index (χ2n) is 8.87. The highest BCUT2D eigenvalue weighted by atomic mass is 32.2. The van der Waals surface area contributed by atoms with Crippen molar-refractivity contribution in [3.8, 4) is 17.2 Å². The van der Waals surface area contributed by atoms with Gasteiger partial charge >= 0.3 is 22.4 Å². The van der Waals surface area contributed by atoms with E-state index in [1.807, 2.05) is 0 Å². The number of anilines is 1. The Labute approximate surface area is 228 Å². The van der Waals surface area contributed by atoms with Gasteiger partial charge in [0, 0.05) is 23.7 Å². The highest BCUT2D eigenvalue weighted by Gasteiger charge is 2.41. The summed E-state index contributed by atoms with van der Waals surface area (Å²) in [6, 6.07) is 19.0. The van der Waals surface area contributed by atoms with Gasteiger partial charge in [-0.3, -0.25) is 4.90 Å². The Morgan fingerprint density at radius 2 is 1.68 bits per heavy atom. The van der Waals surface area contributed by atoms with E-state index in [-0.39, 0.29) is 17.9 Å². The van der Waals surface area contributed by atoms with Crippen molar-refractivity contribution in [1.29, 1.82) is 5.26 Å². The summed E-state index contributed by atoms with van der Waals surface area (Å²) < 4.78 is 69.1. The molecule has 2 amide bonds. The van der Waals surface area contributed by atoms with E-state index in [0.29, 0.717) is 26.6 Å². The van der Waals surface area contributed by atoms with E-state index in [9.17, 15) is 31.6 Å². The molecule has 40 heavy (non-hydrogen) atoms. The quantitative estimate of drug-likeness (QED) is 0.301. The van der Waals surface area contributed by atoms with Crippen molar-refractivity contribution in [2.45, 2.75) is 13.1 Å². The van der Waals surface area contributed by atoms with Crippen LogP contribution in [0.2, 0.25) is 0 Å². The number of imidazole rings is 1. The number of alkyl halides is 3. The van der Waals surface area contributed by atoms with Crippen LogP contribution >= 0.6 is 0 Å². The molecule has 0 unspecified atom stereocenters. The minimum atomic E-state index is -4.68. The Kier molecular flexibility index (Phi) is 6.69. The summed E-state index contributed by atoms with van der Waals surface area (Å²) in [7, 11) is -4.49. The summed E-state index contributed by atoms with van der Waals surface area (Å²) in [6.45, 7) is 1.18. The minimum Gasteiger partial charge on any atom is -0.266 e. The van der Waals surface area contributed by atoms with Crippen LogP contribution in [0.4, 0.5) is 23.7 Å². The van der Waals surface area contributed by atoms with Crippen molar-refractivity contribution in [3.05, 3.63) is 114 Å². The maximum atomic E-state index is 13.7. The summed E-state index contributed by atoms with van der Waals surface area (Å²) in [5.74, 6) is 0. The highest BCUT2D eigenvalue weighted by molar-refractivity contribution is 7.88. The van der Waals surface area contributed by atoms with E-state index in [0.717, 1.165) is 45.2 Å². The largest absolute Gasteiger partial charge is 0.416 e. The molecule has 5 rings (SSSR count). The Morgan fingerprint density at radius 1 is 0.975 bits per heavy atom. The van der Waals surface area contributed by atoms with E-state index < -0.39 is 28.0 Å². The maximum Gasteiger partial charge on any atom is 0.416 e. The molecule has 1 aromatic heterocycles. The van der Waals surface area contributed by atoms with Gasteiger partial charge in [-0.05, 0) is 53.9 Å². The lowest BCUT2D eigenvalue weighted by molar-refractivity contribution is -0.137. The molecule has 0 fully saturated rings. The van der Waals surface area contributed by atoms with Gasteiger partial charge < -0.3 is 0 Å². The minimum absolute atomic E-state index is 0.142. The number of carbonyl (C=O) groups is 1. The second-order valence-corrected chi connectivity index (χ2v) is 10.6. The maximum absolute atomic E-state index is 13.7. The van der Waals surface area contributed by atoms with Crippen LogP contribution in [0.3, 0.4) is 0 Å². The summed E-state index contributed by atoms with van der Waals surface area (Å²) in [5, 5.41) is 9.17. The number of benzene rings is 3. The van der Waals surface area contributed by atoms with Gasteiger partial charge in [-0.2, -0.15) is 31.2 Å². The molecule has 3 aromatic carbocycles. The van der Waals surface area contributed by atoms with Crippen LogP contribution in [-0.2, 0) is 16.4 Å². The number of urea groups is 1. The van der Waals surface area contributed by atoms with Crippen LogP contribution in [0.5, 0.6) is 0 Å². The fourth-order valence-electron chi connectivity index (χ4n) is 4.52. The van der Waals surface area contributed by atoms with Crippen LogP contribution in [0.1, 0.15) is 23.6 Å². The lowest BCUT2D eigenvalue weighted by atomic mass is 9.92. The molecule has 12 heteroatoms. The molecule has 8 nitrogen and oxygen atoms in total. The third kappa shape index (κ3) is 4.71. The van der Waals surface area contributed by atoms with Crippen molar-refractivity contribution in [1.82, 2.24) is 13.3 Å². The van der Waals surface area contributed by atoms with Gasteiger partial charge in [0.1, 0.15) is 6.33 Å². The molecular weight excluding hydrogens is 543 g/mol. The standard InChI is InChI=1S/C28H20F3N5O3S/c1-19-26(25-8-3-2-7-24(25)21-11-9-20(16-32)10-12-21)17-35(40(38,39)34-14-13-33-18-34)27(37)36(19)23-6-4-5-22(15-23)28(29,30)31/h2-15,18H,17H2,1H3. The number of aromatic nitrogens is 2. The van der Waals surface area contributed by atoms with Crippen molar-refractivity contribution < 1.29 is 26.4 Å². The number of allylic oxidation sites excluding steroid dienone is 1. The van der Waals surface area contributed by atoms with Gasteiger partial charge in [0.2, 0.25) is 0 Å². The molecule has 202 valence electrons. The summed E-state index contributed by atoms with van der Waals surface area (Å²) >= 11 is 0. The van der Waals surface area contributed by atoms with Gasteiger partial charge in [0.25, 0.3) is 0 Å². The number of nitrogens with zero attached hydrogens (tertiary/aromatic N) is 5. The van der Waals surface area contributed by atoms with Gasteiger partial charge in [-0.15, -0.1) is 0 Å². The summed E-state index contributed by atoms with van der Waals surface area (Å²) in [6.07, 6.45) is -1.27. The molecule has 4 aromatic rings. The van der Waals surface area contributed by atoms with Gasteiger partial charge in [0.15, 0.2) is 0 Å². The Hall–Kier alpha value is -4.89. The number of amides is 2. The number of hydrogen-bond donors (Lipinski definition) is 0. The smallest absolute Gasteiger partial charge is 0.266 e. The van der Waals surface area contributed by atoms with Gasteiger partial charge in [-0.25, -0.2) is 13.8 Å². The number of carbonyl (C=O) groups excluding carboxylic acids is 1. The van der Waals surface area contributed by atoms with Crippen LogP contribution in [-0.4, -0.2) is 34.3 Å². The van der Waals surface area contributed by atoms with E-state index in [1.165, 1.54) is 12.3 Å². The monoisotopic (exact) mass is 563 g/mol. The van der Waals surface area contributed by atoms with E-state index in [2.05, 4.69) is 11.1 Å². The number of halogens is 3. The normalized spacial score (nSPS) is 14.4. The molecule has 1 aliphatic rings. The molecule has 0 saturated carbocycles. The molecule has 0 atom stereocenters. The Balaban J connectivity index is 1.73. The lowest BCUT2D eigenvalue weighted by Gasteiger charge is -2.37. The zero-order valence-electron chi connectivity index (χ0n) is 20.9. The summed E-state index contributed by atoms with van der Waals surface area (Å²) in [4.78, 5) is 18.5. The number of rotatable bonds is 5. The summed E-state index contributed by atoms with van der Waals surface area (Å²) in [5.41, 5.74) is 1.97.